The van der Waals surface area contributed by atoms with Gasteiger partial charge in [-0.15, -0.1) is 0 Å². The normalized spacial score (nSPS) is 15.1. The molecule has 1 atom stereocenters. The Hall–Kier alpha value is -5.38. The molecule has 2 N–H and O–H groups in total. The lowest BCUT2D eigenvalue weighted by Gasteiger charge is -2.26. The van der Waals surface area contributed by atoms with E-state index in [9.17, 15) is 24.5 Å². The third-order valence-corrected chi connectivity index (χ3v) is 6.75. The van der Waals surface area contributed by atoms with Gasteiger partial charge in [0.25, 0.3) is 17.5 Å². The van der Waals surface area contributed by atoms with Crippen LogP contribution in [0.5, 0.6) is 0 Å². The molecule has 10 heteroatoms. The molecule has 0 fully saturated rings. The van der Waals surface area contributed by atoms with Crippen molar-refractivity contribution in [3.8, 4) is 0 Å². The fourth-order valence-corrected chi connectivity index (χ4v) is 4.89. The first-order valence-corrected chi connectivity index (χ1v) is 13.0. The average molecular weight is 551 g/mol. The SMILES string of the molecule is C[C@@H]1C/C(=C\c2ccccc2)c2nc3ccccc3c(C(=O)OCC(=O)NNC(=O)c3ccc([N+](=O)[O-])cc3)c2C1. The van der Waals surface area contributed by atoms with E-state index < -0.39 is 29.3 Å². The van der Waals surface area contributed by atoms with Crippen LogP contribution in [0.2, 0.25) is 0 Å². The molecule has 1 aliphatic carbocycles. The minimum atomic E-state index is -0.751. The fourth-order valence-electron chi connectivity index (χ4n) is 4.89. The number of fused-ring (bicyclic) bond motifs is 2. The number of carbonyl (C=O) groups is 3. The van der Waals surface area contributed by atoms with E-state index in [-0.39, 0.29) is 17.2 Å². The third kappa shape index (κ3) is 6.11. The molecule has 1 aromatic heterocycles. The van der Waals surface area contributed by atoms with E-state index in [4.69, 9.17) is 9.72 Å². The van der Waals surface area contributed by atoms with Crippen LogP contribution in [0.3, 0.4) is 0 Å². The number of nitro benzene ring substituents is 1. The standard InChI is InChI=1S/C31H26N4O6/c1-19-15-22(17-20-7-3-2-4-8-20)29-25(16-19)28(24-9-5-6-10-26(24)32-29)31(38)41-18-27(36)33-34-30(37)21-11-13-23(14-12-21)35(39)40/h2-14,17,19H,15-16,18H2,1H3,(H,33,36)(H,34,37)/b22-17+/t19-/m1/s1. The minimum absolute atomic E-state index is 0.108. The van der Waals surface area contributed by atoms with Gasteiger partial charge in [-0.1, -0.05) is 55.5 Å². The van der Waals surface area contributed by atoms with Gasteiger partial charge < -0.3 is 4.74 Å². The van der Waals surface area contributed by atoms with Gasteiger partial charge >= 0.3 is 5.97 Å². The summed E-state index contributed by atoms with van der Waals surface area (Å²) in [5, 5.41) is 11.4. The fraction of sp³-hybridized carbons (Fsp3) is 0.161. The molecule has 0 aliphatic heterocycles. The maximum atomic E-state index is 13.5. The number of amides is 2. The molecule has 0 bridgehead atoms. The molecule has 5 rings (SSSR count). The zero-order valence-electron chi connectivity index (χ0n) is 22.1. The minimum Gasteiger partial charge on any atom is -0.452 e. The number of rotatable bonds is 6. The number of hydrogen-bond donors (Lipinski definition) is 2. The number of hydrazine groups is 1. The van der Waals surface area contributed by atoms with E-state index in [1.807, 2.05) is 54.6 Å². The summed E-state index contributed by atoms with van der Waals surface area (Å²) < 4.78 is 5.41. The van der Waals surface area contributed by atoms with Gasteiger partial charge in [-0.25, -0.2) is 9.78 Å². The van der Waals surface area contributed by atoms with Crippen LogP contribution in [0.4, 0.5) is 5.69 Å². The average Bonchev–Trinajstić information content (AvgIpc) is 2.98. The van der Waals surface area contributed by atoms with Gasteiger partial charge in [-0.2, -0.15) is 0 Å². The molecule has 10 nitrogen and oxygen atoms in total. The number of nitrogens with zero attached hydrogens (tertiary/aromatic N) is 2. The molecule has 3 aromatic carbocycles. The van der Waals surface area contributed by atoms with Crippen LogP contribution in [0.25, 0.3) is 22.6 Å². The van der Waals surface area contributed by atoms with Crippen LogP contribution < -0.4 is 10.9 Å². The Morgan fingerprint density at radius 3 is 2.41 bits per heavy atom. The largest absolute Gasteiger partial charge is 0.452 e. The maximum Gasteiger partial charge on any atom is 0.339 e. The van der Waals surface area contributed by atoms with Crippen LogP contribution in [0.15, 0.2) is 78.9 Å². The zero-order chi connectivity index (χ0) is 28.9. The van der Waals surface area contributed by atoms with Crippen LogP contribution in [-0.4, -0.2) is 34.3 Å². The van der Waals surface area contributed by atoms with Crippen LogP contribution in [0, 0.1) is 16.0 Å². The first kappa shape index (κ1) is 27.2. The zero-order valence-corrected chi connectivity index (χ0v) is 22.1. The summed E-state index contributed by atoms with van der Waals surface area (Å²) in [5.41, 5.74) is 8.95. The molecule has 0 saturated carbocycles. The number of allylic oxidation sites excluding steroid dienone is 1. The Balaban J connectivity index is 1.34. The summed E-state index contributed by atoms with van der Waals surface area (Å²) in [6.07, 6.45) is 3.52. The second-order valence-corrected chi connectivity index (χ2v) is 9.81. The van der Waals surface area contributed by atoms with E-state index in [0.29, 0.717) is 22.9 Å². The Morgan fingerprint density at radius 2 is 1.68 bits per heavy atom. The number of pyridine rings is 1. The Labute approximate surface area is 235 Å². The predicted octanol–water partition coefficient (Wildman–Crippen LogP) is 4.88. The van der Waals surface area contributed by atoms with E-state index in [1.165, 1.54) is 24.3 Å². The second kappa shape index (κ2) is 11.8. The Morgan fingerprint density at radius 1 is 0.976 bits per heavy atom. The summed E-state index contributed by atoms with van der Waals surface area (Å²) >= 11 is 0. The van der Waals surface area contributed by atoms with Crippen molar-refractivity contribution in [2.45, 2.75) is 19.8 Å². The molecule has 1 aliphatic rings. The monoisotopic (exact) mass is 550 g/mol. The molecule has 41 heavy (non-hydrogen) atoms. The molecule has 2 amide bonds. The third-order valence-electron chi connectivity index (χ3n) is 6.75. The van der Waals surface area contributed by atoms with E-state index in [2.05, 4.69) is 23.9 Å². The highest BCUT2D eigenvalue weighted by atomic mass is 16.6. The molecule has 206 valence electrons. The molecule has 0 radical (unpaired) electrons. The number of ether oxygens (including phenoxy) is 1. The van der Waals surface area contributed by atoms with Gasteiger partial charge in [0, 0.05) is 23.1 Å². The number of nitrogens with one attached hydrogen (secondary N) is 2. The number of aromatic nitrogens is 1. The summed E-state index contributed by atoms with van der Waals surface area (Å²) in [6, 6.07) is 22.1. The smallest absolute Gasteiger partial charge is 0.339 e. The highest BCUT2D eigenvalue weighted by Gasteiger charge is 2.29. The summed E-state index contributed by atoms with van der Waals surface area (Å²) in [5.74, 6) is -1.84. The molecule has 0 spiro atoms. The van der Waals surface area contributed by atoms with Crippen molar-refractivity contribution < 1.29 is 24.0 Å². The quantitative estimate of drug-likeness (QED) is 0.198. The lowest BCUT2D eigenvalue weighted by Crippen LogP contribution is -2.43. The summed E-state index contributed by atoms with van der Waals surface area (Å²) in [7, 11) is 0. The van der Waals surface area contributed by atoms with Gasteiger partial charge in [0.15, 0.2) is 6.61 Å². The van der Waals surface area contributed by atoms with Crippen molar-refractivity contribution >= 4 is 46.0 Å². The first-order chi connectivity index (χ1) is 19.8. The van der Waals surface area contributed by atoms with E-state index in [1.54, 1.807) is 0 Å². The number of benzene rings is 3. The molecular formula is C31H26N4O6. The van der Waals surface area contributed by atoms with E-state index >= 15 is 0 Å². The lowest BCUT2D eigenvalue weighted by molar-refractivity contribution is -0.384. The maximum absolute atomic E-state index is 13.5. The second-order valence-electron chi connectivity index (χ2n) is 9.81. The molecular weight excluding hydrogens is 524 g/mol. The van der Waals surface area contributed by atoms with Crippen LogP contribution in [0.1, 0.15) is 50.9 Å². The molecule has 1 heterocycles. The van der Waals surface area contributed by atoms with Crippen molar-refractivity contribution in [3.05, 3.63) is 117 Å². The number of esters is 1. The van der Waals surface area contributed by atoms with Crippen molar-refractivity contribution in [1.29, 1.82) is 0 Å². The highest BCUT2D eigenvalue weighted by molar-refractivity contribution is 6.07. The number of carbonyl (C=O) groups excluding carboxylic acids is 3. The number of hydrogen-bond acceptors (Lipinski definition) is 7. The number of non-ortho nitro benzene ring substituents is 1. The summed E-state index contributed by atoms with van der Waals surface area (Å²) in [4.78, 5) is 53.3. The van der Waals surface area contributed by atoms with Crippen molar-refractivity contribution in [3.63, 3.8) is 0 Å². The van der Waals surface area contributed by atoms with Crippen molar-refractivity contribution in [2.75, 3.05) is 6.61 Å². The van der Waals surface area contributed by atoms with Crippen molar-refractivity contribution in [2.24, 2.45) is 5.92 Å². The molecule has 4 aromatic rings. The Kier molecular flexibility index (Phi) is 7.82. The first-order valence-electron chi connectivity index (χ1n) is 13.0. The van der Waals surface area contributed by atoms with Crippen LogP contribution >= 0.6 is 0 Å². The predicted molar refractivity (Wildman–Crippen MR) is 153 cm³/mol. The van der Waals surface area contributed by atoms with Gasteiger partial charge in [0.05, 0.1) is 21.7 Å². The van der Waals surface area contributed by atoms with Gasteiger partial charge in [-0.05, 0) is 59.7 Å². The van der Waals surface area contributed by atoms with E-state index in [0.717, 1.165) is 28.8 Å². The van der Waals surface area contributed by atoms with Crippen LogP contribution in [-0.2, 0) is 16.0 Å². The Bertz CT molecular complexity index is 1680. The molecule has 0 saturated heterocycles. The lowest BCUT2D eigenvalue weighted by atomic mass is 9.80. The van der Waals surface area contributed by atoms with Gasteiger partial charge in [-0.3, -0.25) is 30.6 Å². The molecule has 0 unspecified atom stereocenters. The number of nitro groups is 1. The topological polar surface area (TPSA) is 141 Å². The van der Waals surface area contributed by atoms with Gasteiger partial charge in [0.1, 0.15) is 0 Å². The van der Waals surface area contributed by atoms with Crippen molar-refractivity contribution in [1.82, 2.24) is 15.8 Å². The van der Waals surface area contributed by atoms with Gasteiger partial charge in [0.2, 0.25) is 0 Å². The number of para-hydroxylation sites is 1. The summed E-state index contributed by atoms with van der Waals surface area (Å²) in [6.45, 7) is 1.49. The highest BCUT2D eigenvalue weighted by Crippen LogP contribution is 2.38.